The molecule has 0 heterocycles. The molecule has 0 unspecified atom stereocenters. The largest absolute Gasteiger partial charge is 0.466 e. The van der Waals surface area contributed by atoms with Crippen LogP contribution in [0.3, 0.4) is 0 Å². The Labute approximate surface area is 162 Å². The van der Waals surface area contributed by atoms with E-state index in [1.165, 1.54) is 19.2 Å². The molecule has 0 saturated carbocycles. The third kappa shape index (κ3) is 5.29. The van der Waals surface area contributed by atoms with E-state index in [0.717, 1.165) is 23.0 Å². The van der Waals surface area contributed by atoms with Crippen LogP contribution in [-0.4, -0.2) is 45.4 Å². The topological polar surface area (TPSA) is 90.0 Å². The number of hydrogen-bond donors (Lipinski definition) is 0. The Balaban J connectivity index is 2.24. The van der Waals surface area contributed by atoms with Crippen molar-refractivity contribution in [2.75, 3.05) is 20.8 Å². The van der Waals surface area contributed by atoms with Crippen LogP contribution in [0.2, 0.25) is 5.02 Å². The molecule has 0 atom stereocenters. The summed E-state index contributed by atoms with van der Waals surface area (Å²) in [6.45, 7) is -0.440. The summed E-state index contributed by atoms with van der Waals surface area (Å²) in [6, 6.07) is 12.8. The lowest BCUT2D eigenvalue weighted by atomic mass is 10.2. The molecule has 9 heteroatoms. The monoisotopic (exact) mass is 411 g/mol. The number of sulfonamides is 1. The standard InChI is InChI=1S/C18H18ClNO6S/c1-20(11-13-6-4-3-5-7-13)27(23,24)14-8-9-16(19)15(10-14)18(22)26-12-17(21)25-2/h3-10H,11-12H2,1-2H3. The molecular formula is C18H18ClNO6S. The van der Waals surface area contributed by atoms with Gasteiger partial charge in [0.25, 0.3) is 0 Å². The third-order valence-electron chi connectivity index (χ3n) is 3.66. The molecule has 0 radical (unpaired) electrons. The molecule has 7 nitrogen and oxygen atoms in total. The molecule has 0 spiro atoms. The average Bonchev–Trinajstić information content (AvgIpc) is 2.66. The Morgan fingerprint density at radius 2 is 1.78 bits per heavy atom. The summed E-state index contributed by atoms with van der Waals surface area (Å²) >= 11 is 5.97. The predicted molar refractivity (Wildman–Crippen MR) is 98.8 cm³/mol. The van der Waals surface area contributed by atoms with Crippen molar-refractivity contribution in [1.82, 2.24) is 4.31 Å². The van der Waals surface area contributed by atoms with Gasteiger partial charge in [-0.25, -0.2) is 18.0 Å². The Bertz CT molecular complexity index is 930. The van der Waals surface area contributed by atoms with Gasteiger partial charge in [-0.3, -0.25) is 0 Å². The summed E-state index contributed by atoms with van der Waals surface area (Å²) in [7, 11) is -1.28. The van der Waals surface area contributed by atoms with Crippen molar-refractivity contribution in [3.05, 3.63) is 64.7 Å². The highest BCUT2D eigenvalue weighted by atomic mass is 35.5. The SMILES string of the molecule is COC(=O)COC(=O)c1cc(S(=O)(=O)N(C)Cc2ccccc2)ccc1Cl. The van der Waals surface area contributed by atoms with E-state index in [-0.39, 0.29) is 22.0 Å². The first kappa shape index (κ1) is 20.9. The Morgan fingerprint density at radius 3 is 2.41 bits per heavy atom. The molecule has 27 heavy (non-hydrogen) atoms. The van der Waals surface area contributed by atoms with Crippen LogP contribution in [0.15, 0.2) is 53.4 Å². The molecule has 2 aromatic rings. The fraction of sp³-hybridized carbons (Fsp3) is 0.222. The minimum atomic E-state index is -3.87. The lowest BCUT2D eigenvalue weighted by Gasteiger charge is -2.18. The fourth-order valence-corrected chi connectivity index (χ4v) is 3.57. The van der Waals surface area contributed by atoms with Crippen molar-refractivity contribution >= 4 is 33.6 Å². The zero-order valence-corrected chi connectivity index (χ0v) is 16.3. The second-order valence-corrected chi connectivity index (χ2v) is 7.99. The van der Waals surface area contributed by atoms with Gasteiger partial charge in [0, 0.05) is 13.6 Å². The van der Waals surface area contributed by atoms with Crippen LogP contribution in [0.5, 0.6) is 0 Å². The highest BCUT2D eigenvalue weighted by molar-refractivity contribution is 7.89. The number of methoxy groups -OCH3 is 1. The van der Waals surface area contributed by atoms with Gasteiger partial charge in [-0.05, 0) is 23.8 Å². The number of hydrogen-bond acceptors (Lipinski definition) is 6. The highest BCUT2D eigenvalue weighted by Crippen LogP contribution is 2.24. The first-order chi connectivity index (χ1) is 12.8. The number of halogens is 1. The molecule has 144 valence electrons. The maximum absolute atomic E-state index is 12.8. The first-order valence-corrected chi connectivity index (χ1v) is 9.61. The van der Waals surface area contributed by atoms with Crippen LogP contribution < -0.4 is 0 Å². The smallest absolute Gasteiger partial charge is 0.344 e. The molecule has 0 N–H and O–H groups in total. The molecule has 0 saturated heterocycles. The maximum atomic E-state index is 12.8. The van der Waals surface area contributed by atoms with E-state index in [9.17, 15) is 18.0 Å². The van der Waals surface area contributed by atoms with Crippen LogP contribution >= 0.6 is 11.6 Å². The number of rotatable bonds is 7. The van der Waals surface area contributed by atoms with Gasteiger partial charge in [0.15, 0.2) is 6.61 Å². The molecule has 0 aromatic heterocycles. The van der Waals surface area contributed by atoms with Crippen LogP contribution in [0.1, 0.15) is 15.9 Å². The first-order valence-electron chi connectivity index (χ1n) is 7.79. The summed E-state index contributed by atoms with van der Waals surface area (Å²) in [6.07, 6.45) is 0. The van der Waals surface area contributed by atoms with E-state index >= 15 is 0 Å². The molecule has 0 aliphatic carbocycles. The number of nitrogens with zero attached hydrogens (tertiary/aromatic N) is 1. The Hall–Kier alpha value is -2.42. The number of ether oxygens (including phenoxy) is 2. The van der Waals surface area contributed by atoms with E-state index < -0.39 is 28.6 Å². The van der Waals surface area contributed by atoms with E-state index in [0.29, 0.717) is 0 Å². The number of carbonyl (C=O) groups excluding carboxylic acids is 2. The minimum absolute atomic E-state index is 0.00882. The summed E-state index contributed by atoms with van der Waals surface area (Å²) < 4.78 is 35.9. The molecule has 0 bridgehead atoms. The zero-order chi connectivity index (χ0) is 20.0. The van der Waals surface area contributed by atoms with Crippen molar-refractivity contribution in [2.24, 2.45) is 0 Å². The van der Waals surface area contributed by atoms with Crippen molar-refractivity contribution in [1.29, 1.82) is 0 Å². The fourth-order valence-electron chi connectivity index (χ4n) is 2.19. The zero-order valence-electron chi connectivity index (χ0n) is 14.7. The molecule has 2 aromatic carbocycles. The van der Waals surface area contributed by atoms with Crippen molar-refractivity contribution in [3.8, 4) is 0 Å². The molecule has 0 aliphatic rings. The molecule has 0 fully saturated rings. The van der Waals surface area contributed by atoms with Gasteiger partial charge < -0.3 is 9.47 Å². The van der Waals surface area contributed by atoms with Crippen molar-refractivity contribution in [3.63, 3.8) is 0 Å². The number of benzene rings is 2. The second-order valence-electron chi connectivity index (χ2n) is 5.54. The summed E-state index contributed by atoms with van der Waals surface area (Å²) in [5, 5.41) is 0.00882. The van der Waals surface area contributed by atoms with Gasteiger partial charge >= 0.3 is 11.9 Å². The van der Waals surface area contributed by atoms with Gasteiger partial charge in [0.2, 0.25) is 10.0 Å². The average molecular weight is 412 g/mol. The minimum Gasteiger partial charge on any atom is -0.466 e. The van der Waals surface area contributed by atoms with Crippen LogP contribution in [0, 0.1) is 0 Å². The molecular weight excluding hydrogens is 394 g/mol. The third-order valence-corrected chi connectivity index (χ3v) is 5.79. The van der Waals surface area contributed by atoms with Crippen LogP contribution in [0.25, 0.3) is 0 Å². The lowest BCUT2D eigenvalue weighted by Crippen LogP contribution is -2.26. The normalized spacial score (nSPS) is 11.3. The van der Waals surface area contributed by atoms with Crippen LogP contribution in [0.4, 0.5) is 0 Å². The highest BCUT2D eigenvalue weighted by Gasteiger charge is 2.24. The Morgan fingerprint density at radius 1 is 1.11 bits per heavy atom. The molecule has 2 rings (SSSR count). The van der Waals surface area contributed by atoms with Crippen molar-refractivity contribution < 1.29 is 27.5 Å². The van der Waals surface area contributed by atoms with E-state index in [1.54, 1.807) is 0 Å². The van der Waals surface area contributed by atoms with Gasteiger partial charge in [-0.2, -0.15) is 4.31 Å². The van der Waals surface area contributed by atoms with E-state index in [4.69, 9.17) is 16.3 Å². The number of esters is 2. The quantitative estimate of drug-likeness (QED) is 0.650. The van der Waals surface area contributed by atoms with Gasteiger partial charge in [-0.1, -0.05) is 41.9 Å². The van der Waals surface area contributed by atoms with E-state index in [2.05, 4.69) is 4.74 Å². The summed E-state index contributed by atoms with van der Waals surface area (Å²) in [5.41, 5.74) is 0.657. The van der Waals surface area contributed by atoms with Gasteiger partial charge in [0.05, 0.1) is 22.6 Å². The summed E-state index contributed by atoms with van der Waals surface area (Å²) in [4.78, 5) is 23.1. The van der Waals surface area contributed by atoms with Crippen molar-refractivity contribution in [2.45, 2.75) is 11.4 Å². The lowest BCUT2D eigenvalue weighted by molar-refractivity contribution is -0.144. The second kappa shape index (κ2) is 8.98. The number of carbonyl (C=O) groups is 2. The molecule has 0 aliphatic heterocycles. The molecule has 0 amide bonds. The predicted octanol–water partition coefficient (Wildman–Crippen LogP) is 2.49. The van der Waals surface area contributed by atoms with Gasteiger partial charge in [-0.15, -0.1) is 0 Å². The van der Waals surface area contributed by atoms with Gasteiger partial charge in [0.1, 0.15) is 0 Å². The summed E-state index contributed by atoms with van der Waals surface area (Å²) in [5.74, 6) is -1.67. The Kier molecular flexibility index (Phi) is 6.95. The van der Waals surface area contributed by atoms with Crippen LogP contribution in [-0.2, 0) is 30.8 Å². The maximum Gasteiger partial charge on any atom is 0.344 e. The van der Waals surface area contributed by atoms with E-state index in [1.807, 2.05) is 30.3 Å².